The Hall–Kier alpha value is -3.15. The Morgan fingerprint density at radius 3 is 2.45 bits per heavy atom. The third-order valence-electron chi connectivity index (χ3n) is 5.01. The molecule has 0 aliphatic heterocycles. The van der Waals surface area contributed by atoms with Gasteiger partial charge in [0.2, 0.25) is 0 Å². The number of ether oxygens (including phenoxy) is 1. The van der Waals surface area contributed by atoms with Gasteiger partial charge in [0, 0.05) is 10.9 Å². The van der Waals surface area contributed by atoms with E-state index in [1.165, 1.54) is 19.1 Å². The lowest BCUT2D eigenvalue weighted by Crippen LogP contribution is -2.37. The first-order valence-corrected chi connectivity index (χ1v) is 9.47. The molecule has 1 heterocycles. The second-order valence-corrected chi connectivity index (χ2v) is 7.28. The fourth-order valence-electron chi connectivity index (χ4n) is 3.09. The van der Waals surface area contributed by atoms with Crippen LogP contribution >= 0.6 is 0 Å². The standard InChI is InChI=1S/C23H24FNO4/c1-13-9-20-18(12-28-21(20)10-14(13)2)11-22(26)29-16(4)23(27)25-15(3)17-5-7-19(24)8-6-17/h5-10,12,15-16H,11H2,1-4H3,(H,25,27)/t15-,16+/m1/s1. The number of nitrogens with one attached hydrogen (secondary N) is 1. The molecule has 0 radical (unpaired) electrons. The number of hydrogen-bond acceptors (Lipinski definition) is 4. The van der Waals surface area contributed by atoms with E-state index in [-0.39, 0.29) is 18.3 Å². The minimum absolute atomic E-state index is 0.0145. The van der Waals surface area contributed by atoms with Crippen LogP contribution in [0.1, 0.15) is 42.1 Å². The summed E-state index contributed by atoms with van der Waals surface area (Å²) in [6, 6.07) is 9.45. The zero-order chi connectivity index (χ0) is 21.1. The SMILES string of the molecule is Cc1cc2occ(CC(=O)O[C@@H](C)C(=O)N[C@H](C)c3ccc(F)cc3)c2cc1C. The number of amides is 1. The van der Waals surface area contributed by atoms with Crippen molar-refractivity contribution in [2.24, 2.45) is 0 Å². The highest BCUT2D eigenvalue weighted by molar-refractivity contribution is 5.88. The van der Waals surface area contributed by atoms with Crippen molar-refractivity contribution < 1.29 is 23.1 Å². The first kappa shape index (κ1) is 20.6. The molecule has 3 rings (SSSR count). The number of carbonyl (C=O) groups excluding carboxylic acids is 2. The lowest BCUT2D eigenvalue weighted by molar-refractivity contribution is -0.154. The zero-order valence-electron chi connectivity index (χ0n) is 16.9. The van der Waals surface area contributed by atoms with Gasteiger partial charge >= 0.3 is 5.97 Å². The van der Waals surface area contributed by atoms with E-state index in [4.69, 9.17) is 9.15 Å². The number of fused-ring (bicyclic) bond motifs is 1. The van der Waals surface area contributed by atoms with Gasteiger partial charge in [0.1, 0.15) is 11.4 Å². The topological polar surface area (TPSA) is 68.5 Å². The molecule has 0 aliphatic carbocycles. The Morgan fingerprint density at radius 1 is 1.10 bits per heavy atom. The van der Waals surface area contributed by atoms with Crippen molar-refractivity contribution in [3.8, 4) is 0 Å². The maximum atomic E-state index is 13.0. The van der Waals surface area contributed by atoms with Crippen LogP contribution in [0.25, 0.3) is 11.0 Å². The second-order valence-electron chi connectivity index (χ2n) is 7.28. The van der Waals surface area contributed by atoms with E-state index in [1.807, 2.05) is 26.0 Å². The third kappa shape index (κ3) is 4.83. The summed E-state index contributed by atoms with van der Waals surface area (Å²) >= 11 is 0. The van der Waals surface area contributed by atoms with Crippen LogP contribution in [0.2, 0.25) is 0 Å². The number of aryl methyl sites for hydroxylation is 2. The van der Waals surface area contributed by atoms with Crippen LogP contribution in [-0.2, 0) is 20.7 Å². The van der Waals surface area contributed by atoms with Gasteiger partial charge in [-0.2, -0.15) is 0 Å². The third-order valence-corrected chi connectivity index (χ3v) is 5.01. The number of halogens is 1. The smallest absolute Gasteiger partial charge is 0.311 e. The van der Waals surface area contributed by atoms with E-state index in [0.29, 0.717) is 0 Å². The van der Waals surface area contributed by atoms with Gasteiger partial charge in [-0.15, -0.1) is 0 Å². The lowest BCUT2D eigenvalue weighted by atomic mass is 10.0. The number of esters is 1. The maximum Gasteiger partial charge on any atom is 0.311 e. The summed E-state index contributed by atoms with van der Waals surface area (Å²) in [4.78, 5) is 24.7. The minimum Gasteiger partial charge on any atom is -0.464 e. The molecular formula is C23H24FNO4. The molecule has 29 heavy (non-hydrogen) atoms. The summed E-state index contributed by atoms with van der Waals surface area (Å²) < 4.78 is 23.9. The number of rotatable bonds is 6. The van der Waals surface area contributed by atoms with Gasteiger partial charge in [-0.05, 0) is 68.7 Å². The van der Waals surface area contributed by atoms with Gasteiger partial charge in [0.25, 0.3) is 5.91 Å². The van der Waals surface area contributed by atoms with Gasteiger partial charge in [-0.3, -0.25) is 9.59 Å². The highest BCUT2D eigenvalue weighted by Crippen LogP contribution is 2.25. The fraction of sp³-hybridized carbons (Fsp3) is 0.304. The van der Waals surface area contributed by atoms with E-state index >= 15 is 0 Å². The average molecular weight is 397 g/mol. The van der Waals surface area contributed by atoms with Crippen molar-refractivity contribution in [3.05, 3.63) is 70.7 Å². The van der Waals surface area contributed by atoms with Gasteiger partial charge in [0.05, 0.1) is 18.7 Å². The van der Waals surface area contributed by atoms with Crippen molar-refractivity contribution in [2.45, 2.75) is 46.3 Å². The Bertz CT molecular complexity index is 1040. The van der Waals surface area contributed by atoms with Gasteiger partial charge in [-0.1, -0.05) is 12.1 Å². The number of furan rings is 1. The summed E-state index contributed by atoms with van der Waals surface area (Å²) in [6.45, 7) is 7.30. The molecule has 5 nitrogen and oxygen atoms in total. The van der Waals surface area contributed by atoms with Gasteiger partial charge in [-0.25, -0.2) is 4.39 Å². The highest BCUT2D eigenvalue weighted by atomic mass is 19.1. The Kier molecular flexibility index (Phi) is 6.01. The molecule has 0 unspecified atom stereocenters. The summed E-state index contributed by atoms with van der Waals surface area (Å²) in [5.41, 5.74) is 4.42. The number of hydrogen-bond donors (Lipinski definition) is 1. The first-order valence-electron chi connectivity index (χ1n) is 9.47. The van der Waals surface area contributed by atoms with E-state index < -0.39 is 18.0 Å². The molecule has 2 atom stereocenters. The molecule has 1 aromatic heterocycles. The van der Waals surface area contributed by atoms with E-state index in [9.17, 15) is 14.0 Å². The number of carbonyl (C=O) groups is 2. The molecule has 1 N–H and O–H groups in total. The Labute approximate surface area is 168 Å². The zero-order valence-corrected chi connectivity index (χ0v) is 16.9. The average Bonchev–Trinajstić information content (AvgIpc) is 3.03. The fourth-order valence-corrected chi connectivity index (χ4v) is 3.09. The minimum atomic E-state index is -0.951. The second kappa shape index (κ2) is 8.47. The quantitative estimate of drug-likeness (QED) is 0.620. The van der Waals surface area contributed by atoms with Crippen LogP contribution in [0.15, 0.2) is 47.1 Å². The van der Waals surface area contributed by atoms with Crippen molar-refractivity contribution in [1.82, 2.24) is 5.32 Å². The van der Waals surface area contributed by atoms with Gasteiger partial charge in [0.15, 0.2) is 6.10 Å². The van der Waals surface area contributed by atoms with E-state index in [1.54, 1.807) is 25.3 Å². The molecule has 1 amide bonds. The summed E-state index contributed by atoms with van der Waals surface area (Å²) in [7, 11) is 0. The van der Waals surface area contributed by atoms with E-state index in [2.05, 4.69) is 5.32 Å². The van der Waals surface area contributed by atoms with Crippen LogP contribution in [0.4, 0.5) is 4.39 Å². The monoisotopic (exact) mass is 397 g/mol. The van der Waals surface area contributed by atoms with Crippen molar-refractivity contribution >= 4 is 22.8 Å². The highest BCUT2D eigenvalue weighted by Gasteiger charge is 2.21. The maximum absolute atomic E-state index is 13.0. The molecule has 2 aromatic carbocycles. The lowest BCUT2D eigenvalue weighted by Gasteiger charge is -2.18. The molecule has 152 valence electrons. The molecule has 0 aliphatic rings. The predicted molar refractivity (Wildman–Crippen MR) is 108 cm³/mol. The van der Waals surface area contributed by atoms with Crippen LogP contribution < -0.4 is 5.32 Å². The molecule has 0 spiro atoms. The molecule has 3 aromatic rings. The molecule has 0 saturated heterocycles. The van der Waals surface area contributed by atoms with Crippen LogP contribution in [0.5, 0.6) is 0 Å². The van der Waals surface area contributed by atoms with E-state index in [0.717, 1.165) is 33.2 Å². The molecule has 0 saturated carbocycles. The van der Waals surface area contributed by atoms with Crippen LogP contribution in [0, 0.1) is 19.7 Å². The summed E-state index contributed by atoms with van der Waals surface area (Å²) in [6.07, 6.45) is 0.611. The number of benzene rings is 2. The first-order chi connectivity index (χ1) is 13.7. The van der Waals surface area contributed by atoms with Gasteiger partial charge < -0.3 is 14.5 Å². The van der Waals surface area contributed by atoms with Crippen LogP contribution in [0.3, 0.4) is 0 Å². The van der Waals surface area contributed by atoms with Crippen molar-refractivity contribution in [1.29, 1.82) is 0 Å². The van der Waals surface area contributed by atoms with Crippen molar-refractivity contribution in [3.63, 3.8) is 0 Å². The predicted octanol–water partition coefficient (Wildman–Crippen LogP) is 4.54. The van der Waals surface area contributed by atoms with Crippen molar-refractivity contribution in [2.75, 3.05) is 0 Å². The normalized spacial score (nSPS) is 13.1. The largest absolute Gasteiger partial charge is 0.464 e. The molecule has 0 bridgehead atoms. The Balaban J connectivity index is 1.59. The molecule has 6 heteroatoms. The molecular weight excluding hydrogens is 373 g/mol. The summed E-state index contributed by atoms with van der Waals surface area (Å²) in [5.74, 6) is -1.27. The molecule has 0 fully saturated rings. The van der Waals surface area contributed by atoms with Crippen LogP contribution in [-0.4, -0.2) is 18.0 Å². The Morgan fingerprint density at radius 2 is 1.76 bits per heavy atom. The summed E-state index contributed by atoms with van der Waals surface area (Å²) in [5, 5.41) is 3.63.